The van der Waals surface area contributed by atoms with Crippen LogP contribution in [0.4, 0.5) is 0 Å². The van der Waals surface area contributed by atoms with Gasteiger partial charge in [0.2, 0.25) is 5.91 Å². The van der Waals surface area contributed by atoms with Crippen molar-refractivity contribution in [3.63, 3.8) is 0 Å². The molecule has 2 amide bonds. The number of hydrogen-bond acceptors (Lipinski definition) is 5. The van der Waals surface area contributed by atoms with Crippen LogP contribution in [0, 0.1) is 0 Å². The summed E-state index contributed by atoms with van der Waals surface area (Å²) in [5.74, 6) is 1.88. The van der Waals surface area contributed by atoms with Gasteiger partial charge in [0.1, 0.15) is 11.5 Å². The SMILES string of the molecule is C=CC(=O)N1C(C)(C)CCCC1(C)C.C=CC(=O)N1C(Oc2ccccc2)CCC1Oc1ccccc1.C=CC(=O)n1c(C2CCCCC2)ccc1C(C)(C)C. The summed E-state index contributed by atoms with van der Waals surface area (Å²) in [5, 5.41) is 0. The van der Waals surface area contributed by atoms with Gasteiger partial charge in [-0.15, -0.1) is 0 Å². The molecule has 1 aromatic heterocycles. The first-order valence-electron chi connectivity index (χ1n) is 20.3. The second kappa shape index (κ2) is 19.3. The van der Waals surface area contributed by atoms with Crippen LogP contribution in [0.2, 0.25) is 0 Å². The third-order valence-corrected chi connectivity index (χ3v) is 11.0. The summed E-state index contributed by atoms with van der Waals surface area (Å²) in [7, 11) is 0. The monoisotopic (exact) mass is 763 g/mol. The maximum absolute atomic E-state index is 12.3. The molecule has 0 spiro atoms. The van der Waals surface area contributed by atoms with Crippen molar-refractivity contribution in [1.29, 1.82) is 0 Å². The number of likely N-dealkylation sites (tertiary alicyclic amines) is 2. The molecule has 0 radical (unpaired) electrons. The third-order valence-electron chi connectivity index (χ3n) is 11.0. The van der Waals surface area contributed by atoms with Gasteiger partial charge in [0, 0.05) is 40.7 Å². The molecule has 1 aliphatic carbocycles. The van der Waals surface area contributed by atoms with Crippen LogP contribution < -0.4 is 9.47 Å². The molecule has 3 aromatic rings. The minimum Gasteiger partial charge on any atom is -0.470 e. The number of allylic oxidation sites excluding steroid dienone is 1. The van der Waals surface area contributed by atoms with Crippen molar-refractivity contribution >= 4 is 17.7 Å². The van der Waals surface area contributed by atoms with E-state index in [1.165, 1.54) is 62.4 Å². The van der Waals surface area contributed by atoms with Crippen molar-refractivity contribution in [3.8, 4) is 11.5 Å². The van der Waals surface area contributed by atoms with E-state index in [4.69, 9.17) is 9.47 Å². The largest absolute Gasteiger partial charge is 0.470 e. The zero-order chi connectivity index (χ0) is 41.1. The minimum absolute atomic E-state index is 0.00972. The molecule has 302 valence electrons. The Morgan fingerprint density at radius 3 is 1.52 bits per heavy atom. The van der Waals surface area contributed by atoms with Gasteiger partial charge in [0.15, 0.2) is 12.5 Å². The lowest BCUT2D eigenvalue weighted by Crippen LogP contribution is -2.60. The number of para-hydroxylation sites is 2. The van der Waals surface area contributed by atoms with Crippen LogP contribution in [0.5, 0.6) is 11.5 Å². The fourth-order valence-electron chi connectivity index (χ4n) is 8.46. The van der Waals surface area contributed by atoms with Crippen LogP contribution in [-0.4, -0.2) is 55.6 Å². The van der Waals surface area contributed by atoms with Crippen LogP contribution in [0.15, 0.2) is 111 Å². The second-order valence-electron chi connectivity index (χ2n) is 17.3. The van der Waals surface area contributed by atoms with E-state index >= 15 is 0 Å². The molecule has 0 bridgehead atoms. The number of carbonyl (C=O) groups excluding carboxylic acids is 3. The molecule has 3 heterocycles. The first-order chi connectivity index (χ1) is 26.5. The predicted octanol–water partition coefficient (Wildman–Crippen LogP) is 11.0. The molecule has 2 unspecified atom stereocenters. The van der Waals surface area contributed by atoms with Gasteiger partial charge >= 0.3 is 0 Å². The number of aromatic nitrogens is 1. The molecule has 6 rings (SSSR count). The first-order valence-corrected chi connectivity index (χ1v) is 20.3. The molecule has 2 atom stereocenters. The normalized spacial score (nSPS) is 20.3. The Labute approximate surface area is 336 Å². The van der Waals surface area contributed by atoms with Crippen molar-refractivity contribution in [2.75, 3.05) is 0 Å². The highest BCUT2D eigenvalue weighted by molar-refractivity contribution is 5.91. The van der Waals surface area contributed by atoms with E-state index < -0.39 is 0 Å². The van der Waals surface area contributed by atoms with Gasteiger partial charge in [-0.3, -0.25) is 23.9 Å². The molecule has 3 fully saturated rings. The number of carbonyl (C=O) groups is 3. The van der Waals surface area contributed by atoms with Crippen molar-refractivity contribution in [3.05, 3.63) is 122 Å². The summed E-state index contributed by atoms with van der Waals surface area (Å²) in [6.07, 6.45) is 14.5. The topological polar surface area (TPSA) is 81.1 Å². The Morgan fingerprint density at radius 1 is 0.625 bits per heavy atom. The van der Waals surface area contributed by atoms with Crippen LogP contribution in [0.3, 0.4) is 0 Å². The number of hydrogen-bond donors (Lipinski definition) is 0. The number of benzene rings is 2. The highest BCUT2D eigenvalue weighted by Gasteiger charge is 2.43. The molecule has 8 heteroatoms. The summed E-state index contributed by atoms with van der Waals surface area (Å²) >= 11 is 0. The van der Waals surface area contributed by atoms with Gasteiger partial charge < -0.3 is 14.4 Å². The van der Waals surface area contributed by atoms with Gasteiger partial charge in [-0.05, 0) is 120 Å². The van der Waals surface area contributed by atoms with E-state index in [0.29, 0.717) is 18.8 Å². The maximum Gasteiger partial charge on any atom is 0.254 e. The lowest BCUT2D eigenvalue weighted by molar-refractivity contribution is -0.143. The number of piperidine rings is 1. The quantitative estimate of drug-likeness (QED) is 0.213. The van der Waals surface area contributed by atoms with E-state index in [9.17, 15) is 14.4 Å². The van der Waals surface area contributed by atoms with E-state index in [2.05, 4.69) is 80.3 Å². The van der Waals surface area contributed by atoms with Gasteiger partial charge in [-0.2, -0.15) is 0 Å². The average molecular weight is 764 g/mol. The van der Waals surface area contributed by atoms with Gasteiger partial charge in [-0.25, -0.2) is 0 Å². The molecule has 1 saturated carbocycles. The molecular formula is C48H65N3O5. The number of amides is 2. The van der Waals surface area contributed by atoms with Gasteiger partial charge in [0.25, 0.3) is 11.8 Å². The molecule has 0 N–H and O–H groups in total. The molecule has 2 aromatic carbocycles. The minimum atomic E-state index is -0.350. The Hall–Kier alpha value is -4.85. The second-order valence-corrected chi connectivity index (χ2v) is 17.3. The molecule has 3 aliphatic rings. The average Bonchev–Trinajstić information content (AvgIpc) is 3.80. The number of ether oxygens (including phenoxy) is 2. The van der Waals surface area contributed by atoms with Crippen molar-refractivity contribution in [1.82, 2.24) is 14.4 Å². The molecule has 8 nitrogen and oxygen atoms in total. The van der Waals surface area contributed by atoms with Crippen LogP contribution >= 0.6 is 0 Å². The molecular weight excluding hydrogens is 699 g/mol. The Bertz CT molecular complexity index is 1710. The van der Waals surface area contributed by atoms with Crippen molar-refractivity contribution < 1.29 is 23.9 Å². The Balaban J connectivity index is 0.000000193. The lowest BCUT2D eigenvalue weighted by atomic mass is 9.80. The summed E-state index contributed by atoms with van der Waals surface area (Å²) in [4.78, 5) is 39.9. The zero-order valence-corrected chi connectivity index (χ0v) is 35.0. The van der Waals surface area contributed by atoms with Crippen LogP contribution in [0.1, 0.15) is 135 Å². The Morgan fingerprint density at radius 2 is 1.09 bits per heavy atom. The van der Waals surface area contributed by atoms with Crippen LogP contribution in [0.25, 0.3) is 0 Å². The zero-order valence-electron chi connectivity index (χ0n) is 35.0. The van der Waals surface area contributed by atoms with E-state index in [1.54, 1.807) is 4.90 Å². The van der Waals surface area contributed by atoms with E-state index in [-0.39, 0.29) is 46.7 Å². The van der Waals surface area contributed by atoms with E-state index in [0.717, 1.165) is 30.0 Å². The van der Waals surface area contributed by atoms with Gasteiger partial charge in [-0.1, -0.05) is 96.2 Å². The fraction of sp³-hybridized carbons (Fsp3) is 0.479. The molecule has 56 heavy (non-hydrogen) atoms. The standard InChI is InChI=1S/C19H19NO3.C17H25NO.C12H21NO/c1-2-17(21)20-18(22-15-9-5-3-6-10-15)13-14-19(20)23-16-11-7-4-8-12-16;1-5-16(19)18-14(13-9-7-6-8-10-13)11-12-15(18)17(2,3)4;1-6-10(14)13-11(2,3)8-7-9-12(13,4)5/h2-12,18-19H,1,13-14H2;5,11-13H,1,6-10H2,2-4H3;6H,1,7-9H2,2-5H3. The highest BCUT2D eigenvalue weighted by atomic mass is 16.5. The summed E-state index contributed by atoms with van der Waals surface area (Å²) in [5.41, 5.74) is 2.19. The van der Waals surface area contributed by atoms with Crippen LogP contribution in [-0.2, 0) is 15.0 Å². The van der Waals surface area contributed by atoms with Crippen molar-refractivity contribution in [2.24, 2.45) is 0 Å². The predicted molar refractivity (Wildman–Crippen MR) is 227 cm³/mol. The number of nitrogens with zero attached hydrogens (tertiary/aromatic N) is 3. The first kappa shape index (κ1) is 43.9. The lowest BCUT2D eigenvalue weighted by Gasteiger charge is -2.52. The summed E-state index contributed by atoms with van der Waals surface area (Å²) < 4.78 is 13.8. The summed E-state index contributed by atoms with van der Waals surface area (Å²) in [6, 6.07) is 23.2. The molecule has 2 aliphatic heterocycles. The summed E-state index contributed by atoms with van der Waals surface area (Å²) in [6.45, 7) is 25.8. The number of rotatable bonds is 8. The van der Waals surface area contributed by atoms with Gasteiger partial charge in [0.05, 0.1) is 0 Å². The third kappa shape index (κ3) is 11.1. The fourth-order valence-corrected chi connectivity index (χ4v) is 8.46. The smallest absolute Gasteiger partial charge is 0.254 e. The van der Waals surface area contributed by atoms with E-state index in [1.807, 2.05) is 70.1 Å². The highest BCUT2D eigenvalue weighted by Crippen LogP contribution is 2.39. The molecule has 2 saturated heterocycles. The Kier molecular flexibility index (Phi) is 15.2. The maximum atomic E-state index is 12.3. The van der Waals surface area contributed by atoms with Crippen molar-refractivity contribution in [2.45, 2.75) is 148 Å².